The highest BCUT2D eigenvalue weighted by Gasteiger charge is 2.21. The van der Waals surface area contributed by atoms with Gasteiger partial charge in [-0.2, -0.15) is 0 Å². The van der Waals surface area contributed by atoms with Crippen LogP contribution in [0.5, 0.6) is 0 Å². The lowest BCUT2D eigenvalue weighted by Crippen LogP contribution is -2.45. The van der Waals surface area contributed by atoms with E-state index in [2.05, 4.69) is 5.32 Å². The van der Waals surface area contributed by atoms with Crippen molar-refractivity contribution >= 4 is 6.03 Å². The molecule has 0 aliphatic carbocycles. The summed E-state index contributed by atoms with van der Waals surface area (Å²) in [6.07, 6.45) is 0. The number of carbonyl (C=O) groups excluding carboxylic acids is 1. The third-order valence-corrected chi connectivity index (χ3v) is 3.85. The van der Waals surface area contributed by atoms with Gasteiger partial charge in [0.2, 0.25) is 0 Å². The monoisotopic (exact) mass is 316 g/mol. The summed E-state index contributed by atoms with van der Waals surface area (Å²) in [5.41, 5.74) is 1.69. The van der Waals surface area contributed by atoms with E-state index in [4.69, 9.17) is 0 Å². The van der Waals surface area contributed by atoms with Crippen molar-refractivity contribution in [1.82, 2.24) is 10.2 Å². The predicted octanol–water partition coefficient (Wildman–Crippen LogP) is 2.94. The van der Waals surface area contributed by atoms with Crippen molar-refractivity contribution in [3.63, 3.8) is 0 Å². The maximum absolute atomic E-state index is 13.2. The van der Waals surface area contributed by atoms with E-state index in [9.17, 15) is 14.3 Å². The molecule has 0 spiro atoms. The lowest BCUT2D eigenvalue weighted by molar-refractivity contribution is 0.156. The average Bonchev–Trinajstić information content (AvgIpc) is 2.59. The van der Waals surface area contributed by atoms with Crippen LogP contribution in [0.2, 0.25) is 0 Å². The van der Waals surface area contributed by atoms with E-state index in [1.807, 2.05) is 30.3 Å². The molecule has 0 heterocycles. The molecule has 0 saturated heterocycles. The number of hydrogen-bond acceptors (Lipinski definition) is 2. The summed E-state index contributed by atoms with van der Waals surface area (Å²) in [5.74, 6) is -0.321. The highest BCUT2D eigenvalue weighted by Crippen LogP contribution is 2.22. The van der Waals surface area contributed by atoms with E-state index in [-0.39, 0.29) is 24.5 Å². The molecule has 2 N–H and O–H groups in total. The first-order valence-electron chi connectivity index (χ1n) is 7.47. The second-order valence-corrected chi connectivity index (χ2v) is 5.49. The number of carbonyl (C=O) groups is 1. The van der Waals surface area contributed by atoms with Gasteiger partial charge in [0.1, 0.15) is 5.82 Å². The average molecular weight is 316 g/mol. The molecule has 0 radical (unpaired) electrons. The minimum Gasteiger partial charge on any atom is -0.394 e. The van der Waals surface area contributed by atoms with E-state index in [0.717, 1.165) is 11.1 Å². The molecule has 2 rings (SSSR count). The molecule has 5 heteroatoms. The topological polar surface area (TPSA) is 52.6 Å². The van der Waals surface area contributed by atoms with Crippen molar-refractivity contribution in [2.45, 2.75) is 19.0 Å². The van der Waals surface area contributed by atoms with E-state index in [1.54, 1.807) is 26.1 Å². The van der Waals surface area contributed by atoms with Crippen molar-refractivity contribution in [2.75, 3.05) is 13.7 Å². The number of amides is 2. The van der Waals surface area contributed by atoms with E-state index in [0.29, 0.717) is 0 Å². The van der Waals surface area contributed by atoms with Gasteiger partial charge >= 0.3 is 6.03 Å². The lowest BCUT2D eigenvalue weighted by Gasteiger charge is -2.27. The maximum Gasteiger partial charge on any atom is 0.318 e. The number of aliphatic hydroxyl groups excluding tert-OH is 1. The minimum absolute atomic E-state index is 0.115. The fourth-order valence-electron chi connectivity index (χ4n) is 2.21. The molecule has 0 fully saturated rings. The highest BCUT2D eigenvalue weighted by atomic mass is 19.1. The van der Waals surface area contributed by atoms with Crippen LogP contribution in [0.1, 0.15) is 24.1 Å². The molecule has 23 heavy (non-hydrogen) atoms. The molecule has 122 valence electrons. The predicted molar refractivity (Wildman–Crippen MR) is 87.5 cm³/mol. The fourth-order valence-corrected chi connectivity index (χ4v) is 2.21. The Morgan fingerprint density at radius 1 is 1.13 bits per heavy atom. The Kier molecular flexibility index (Phi) is 5.71. The largest absolute Gasteiger partial charge is 0.394 e. The van der Waals surface area contributed by atoms with E-state index < -0.39 is 6.04 Å². The molecule has 0 aromatic heterocycles. The van der Waals surface area contributed by atoms with E-state index in [1.165, 1.54) is 17.0 Å². The molecular formula is C18H21FN2O2. The van der Waals surface area contributed by atoms with Gasteiger partial charge in [-0.3, -0.25) is 0 Å². The third-order valence-electron chi connectivity index (χ3n) is 3.85. The molecule has 0 saturated carbocycles. The van der Waals surface area contributed by atoms with Crippen molar-refractivity contribution in [1.29, 1.82) is 0 Å². The van der Waals surface area contributed by atoms with Crippen molar-refractivity contribution < 1.29 is 14.3 Å². The molecule has 2 atom stereocenters. The zero-order chi connectivity index (χ0) is 16.8. The van der Waals surface area contributed by atoms with Gasteiger partial charge in [-0.25, -0.2) is 9.18 Å². The Balaban J connectivity index is 2.28. The van der Waals surface area contributed by atoms with Crippen LogP contribution >= 0.6 is 0 Å². The summed E-state index contributed by atoms with van der Waals surface area (Å²) in [4.78, 5) is 13.8. The quantitative estimate of drug-likeness (QED) is 0.891. The van der Waals surface area contributed by atoms with Crippen LogP contribution in [0, 0.1) is 5.82 Å². The van der Waals surface area contributed by atoms with Crippen LogP contribution < -0.4 is 5.32 Å². The standard InChI is InChI=1S/C18H21FN2O2/c1-13(12-22)21(2)18(23)20-17(14-6-4-3-5-7-14)15-8-10-16(19)11-9-15/h3-11,13,17,22H,12H2,1-2H3,(H,20,23). The number of halogens is 1. The van der Waals surface area contributed by atoms with Gasteiger partial charge in [-0.1, -0.05) is 42.5 Å². The first kappa shape index (κ1) is 17.0. The first-order valence-corrected chi connectivity index (χ1v) is 7.47. The summed E-state index contributed by atoms with van der Waals surface area (Å²) in [6, 6.07) is 14.6. The van der Waals surface area contributed by atoms with Crippen LogP contribution in [0.25, 0.3) is 0 Å². The number of nitrogens with one attached hydrogen (secondary N) is 1. The summed E-state index contributed by atoms with van der Waals surface area (Å²) < 4.78 is 13.2. The number of likely N-dealkylation sites (N-methyl/N-ethyl adjacent to an activating group) is 1. The van der Waals surface area contributed by atoms with Gasteiger partial charge in [0.05, 0.1) is 18.7 Å². The van der Waals surface area contributed by atoms with Crippen LogP contribution in [-0.2, 0) is 0 Å². The maximum atomic E-state index is 13.2. The van der Waals surface area contributed by atoms with Crippen LogP contribution in [0.15, 0.2) is 54.6 Å². The molecule has 0 aliphatic heterocycles. The number of hydrogen-bond donors (Lipinski definition) is 2. The normalized spacial score (nSPS) is 13.2. The smallest absolute Gasteiger partial charge is 0.318 e. The first-order chi connectivity index (χ1) is 11.0. The van der Waals surface area contributed by atoms with Gasteiger partial charge in [0.15, 0.2) is 0 Å². The zero-order valence-electron chi connectivity index (χ0n) is 13.2. The Bertz CT molecular complexity index is 631. The molecule has 2 amide bonds. The fraction of sp³-hybridized carbons (Fsp3) is 0.278. The van der Waals surface area contributed by atoms with Gasteiger partial charge < -0.3 is 15.3 Å². The van der Waals surface area contributed by atoms with Gasteiger partial charge in [0, 0.05) is 7.05 Å². The number of urea groups is 1. The minimum atomic E-state index is -0.391. The molecule has 0 bridgehead atoms. The highest BCUT2D eigenvalue weighted by molar-refractivity contribution is 5.75. The van der Waals surface area contributed by atoms with Gasteiger partial charge in [-0.05, 0) is 30.2 Å². The van der Waals surface area contributed by atoms with Crippen LogP contribution in [0.3, 0.4) is 0 Å². The Morgan fingerprint density at radius 2 is 1.70 bits per heavy atom. The van der Waals surface area contributed by atoms with E-state index >= 15 is 0 Å². The second kappa shape index (κ2) is 7.74. The summed E-state index contributed by atoms with van der Waals surface area (Å²) in [7, 11) is 1.63. The Hall–Kier alpha value is -2.40. The number of nitrogens with zero attached hydrogens (tertiary/aromatic N) is 1. The van der Waals surface area contributed by atoms with Crippen LogP contribution in [-0.4, -0.2) is 35.7 Å². The molecule has 2 aromatic carbocycles. The summed E-state index contributed by atoms with van der Waals surface area (Å²) in [5, 5.41) is 12.1. The number of benzene rings is 2. The Morgan fingerprint density at radius 3 is 2.26 bits per heavy atom. The number of aliphatic hydroxyl groups is 1. The van der Waals surface area contributed by atoms with Gasteiger partial charge in [0.25, 0.3) is 0 Å². The molecule has 0 aliphatic rings. The Labute approximate surface area is 135 Å². The van der Waals surface area contributed by atoms with Crippen molar-refractivity contribution in [3.05, 3.63) is 71.5 Å². The lowest BCUT2D eigenvalue weighted by atomic mass is 9.99. The third kappa shape index (κ3) is 4.29. The SMILES string of the molecule is CC(CO)N(C)C(=O)NC(c1ccccc1)c1ccc(F)cc1. The second-order valence-electron chi connectivity index (χ2n) is 5.49. The zero-order valence-corrected chi connectivity index (χ0v) is 13.2. The van der Waals surface area contributed by atoms with Crippen molar-refractivity contribution in [3.8, 4) is 0 Å². The number of rotatable bonds is 5. The molecule has 2 aromatic rings. The molecular weight excluding hydrogens is 295 g/mol. The molecule has 4 nitrogen and oxygen atoms in total. The van der Waals surface area contributed by atoms with Crippen LogP contribution in [0.4, 0.5) is 9.18 Å². The van der Waals surface area contributed by atoms with Gasteiger partial charge in [-0.15, -0.1) is 0 Å². The molecule has 2 unspecified atom stereocenters. The summed E-state index contributed by atoms with van der Waals surface area (Å²) in [6.45, 7) is 1.64. The van der Waals surface area contributed by atoms with Crippen molar-refractivity contribution in [2.24, 2.45) is 0 Å². The summed E-state index contributed by atoms with van der Waals surface area (Å²) >= 11 is 0.